The van der Waals surface area contributed by atoms with Crippen LogP contribution in [-0.2, 0) is 17.9 Å². The number of carbonyl (C=O) groups is 1. The average Bonchev–Trinajstić information content (AvgIpc) is 2.96. The molecule has 2 aliphatic heterocycles. The maximum Gasteiger partial charge on any atom is 0.222 e. The van der Waals surface area contributed by atoms with Gasteiger partial charge in [0.25, 0.3) is 0 Å². The van der Waals surface area contributed by atoms with E-state index < -0.39 is 0 Å². The van der Waals surface area contributed by atoms with Gasteiger partial charge in [-0.15, -0.1) is 0 Å². The Morgan fingerprint density at radius 2 is 2.16 bits per heavy atom. The van der Waals surface area contributed by atoms with E-state index in [0.717, 1.165) is 44.8 Å². The van der Waals surface area contributed by atoms with E-state index in [1.165, 1.54) is 18.4 Å². The Morgan fingerprint density at radius 3 is 2.88 bits per heavy atom. The van der Waals surface area contributed by atoms with E-state index in [1.807, 2.05) is 9.58 Å². The van der Waals surface area contributed by atoms with Crippen LogP contribution >= 0.6 is 0 Å². The van der Waals surface area contributed by atoms with Crippen molar-refractivity contribution in [3.05, 3.63) is 17.5 Å². The number of likely N-dealkylation sites (tertiary alicyclic amines) is 2. The zero-order valence-electron chi connectivity index (χ0n) is 15.7. The fourth-order valence-corrected chi connectivity index (χ4v) is 4.46. The van der Waals surface area contributed by atoms with Gasteiger partial charge in [0.1, 0.15) is 0 Å². The molecule has 1 spiro atoms. The predicted molar refractivity (Wildman–Crippen MR) is 97.1 cm³/mol. The Balaban J connectivity index is 1.65. The van der Waals surface area contributed by atoms with Gasteiger partial charge in [-0.2, -0.15) is 5.10 Å². The second-order valence-corrected chi connectivity index (χ2v) is 7.80. The van der Waals surface area contributed by atoms with Crippen molar-refractivity contribution < 1.29 is 9.90 Å². The number of rotatable bonds is 6. The first-order chi connectivity index (χ1) is 12.0. The fraction of sp³-hybridized carbons (Fsp3) is 0.789. The highest BCUT2D eigenvalue weighted by atomic mass is 16.3. The number of aliphatic hydroxyl groups is 1. The molecule has 3 heterocycles. The van der Waals surface area contributed by atoms with E-state index in [2.05, 4.69) is 30.0 Å². The summed E-state index contributed by atoms with van der Waals surface area (Å²) in [6, 6.07) is 0. The molecule has 6 heteroatoms. The average molecular weight is 348 g/mol. The molecule has 3 rings (SSSR count). The van der Waals surface area contributed by atoms with E-state index in [-0.39, 0.29) is 17.9 Å². The molecule has 2 fully saturated rings. The molecular formula is C19H32N4O2. The normalized spacial score (nSPS) is 25.1. The van der Waals surface area contributed by atoms with Gasteiger partial charge < -0.3 is 10.0 Å². The number of hydrogen-bond acceptors (Lipinski definition) is 4. The Kier molecular flexibility index (Phi) is 5.79. The third kappa shape index (κ3) is 4.23. The van der Waals surface area contributed by atoms with Gasteiger partial charge in [-0.3, -0.25) is 14.4 Å². The first-order valence-electron chi connectivity index (χ1n) is 9.69. The summed E-state index contributed by atoms with van der Waals surface area (Å²) in [6.07, 6.45) is 6.93. The molecule has 1 aromatic rings. The van der Waals surface area contributed by atoms with E-state index >= 15 is 0 Å². The van der Waals surface area contributed by atoms with Gasteiger partial charge >= 0.3 is 0 Å². The molecule has 0 aromatic carbocycles. The summed E-state index contributed by atoms with van der Waals surface area (Å²) in [7, 11) is 0. The lowest BCUT2D eigenvalue weighted by atomic mass is 9.73. The number of hydrogen-bond donors (Lipinski definition) is 1. The molecular weight excluding hydrogens is 316 g/mol. The fourth-order valence-electron chi connectivity index (χ4n) is 4.46. The highest BCUT2D eigenvalue weighted by Gasteiger charge is 2.41. The lowest BCUT2D eigenvalue weighted by Crippen LogP contribution is -2.54. The lowest BCUT2D eigenvalue weighted by molar-refractivity contribution is -0.139. The SMILES string of the molecule is CCn1cc(CN2CCCC3(CCC(=O)N(CCCO)C3)C2)c(C)n1. The van der Waals surface area contributed by atoms with Crippen LogP contribution in [0.3, 0.4) is 0 Å². The van der Waals surface area contributed by atoms with Gasteiger partial charge in [0.05, 0.1) is 5.69 Å². The third-order valence-electron chi connectivity index (χ3n) is 5.84. The highest BCUT2D eigenvalue weighted by Crippen LogP contribution is 2.39. The summed E-state index contributed by atoms with van der Waals surface area (Å²) in [6.45, 7) is 9.97. The number of aromatic nitrogens is 2. The minimum atomic E-state index is 0.156. The van der Waals surface area contributed by atoms with Crippen LogP contribution in [0.5, 0.6) is 0 Å². The second-order valence-electron chi connectivity index (χ2n) is 7.80. The van der Waals surface area contributed by atoms with E-state index in [1.54, 1.807) is 0 Å². The summed E-state index contributed by atoms with van der Waals surface area (Å²) in [5, 5.41) is 13.7. The maximum atomic E-state index is 12.2. The number of nitrogens with zero attached hydrogens (tertiary/aromatic N) is 4. The van der Waals surface area contributed by atoms with Gasteiger partial charge in [0.2, 0.25) is 5.91 Å². The zero-order valence-corrected chi connectivity index (χ0v) is 15.7. The van der Waals surface area contributed by atoms with Gasteiger partial charge in [-0.25, -0.2) is 0 Å². The van der Waals surface area contributed by atoms with Crippen molar-refractivity contribution in [2.75, 3.05) is 32.8 Å². The zero-order chi connectivity index (χ0) is 17.9. The molecule has 1 unspecified atom stereocenters. The Hall–Kier alpha value is -1.40. The monoisotopic (exact) mass is 348 g/mol. The van der Waals surface area contributed by atoms with Crippen molar-refractivity contribution >= 4 is 5.91 Å². The largest absolute Gasteiger partial charge is 0.396 e. The van der Waals surface area contributed by atoms with Crippen molar-refractivity contribution in [3.63, 3.8) is 0 Å². The number of aryl methyl sites for hydroxylation is 2. The number of piperidine rings is 2. The molecule has 0 saturated carbocycles. The molecule has 1 N–H and O–H groups in total. The summed E-state index contributed by atoms with van der Waals surface area (Å²) in [5.74, 6) is 0.260. The molecule has 2 saturated heterocycles. The van der Waals surface area contributed by atoms with Gasteiger partial charge in [0, 0.05) is 62.9 Å². The van der Waals surface area contributed by atoms with Crippen LogP contribution in [0, 0.1) is 12.3 Å². The molecule has 1 aromatic heterocycles. The Labute approximate surface area is 150 Å². The molecule has 140 valence electrons. The molecule has 1 amide bonds. The van der Waals surface area contributed by atoms with Crippen molar-refractivity contribution in [1.29, 1.82) is 0 Å². The minimum Gasteiger partial charge on any atom is -0.396 e. The van der Waals surface area contributed by atoms with Gasteiger partial charge in [-0.05, 0) is 46.1 Å². The lowest BCUT2D eigenvalue weighted by Gasteiger charge is -2.48. The van der Waals surface area contributed by atoms with E-state index in [0.29, 0.717) is 19.4 Å². The molecule has 0 bridgehead atoms. The molecule has 1 atom stereocenters. The van der Waals surface area contributed by atoms with Gasteiger partial charge in [-0.1, -0.05) is 0 Å². The maximum absolute atomic E-state index is 12.2. The molecule has 2 aliphatic rings. The standard InChI is InChI=1S/C19H32N4O2/c1-3-23-13-17(16(2)20-23)12-21-9-4-7-19(14-21)8-6-18(25)22(15-19)10-5-11-24/h13,24H,3-12,14-15H2,1-2H3. The topological polar surface area (TPSA) is 61.6 Å². The Morgan fingerprint density at radius 1 is 1.32 bits per heavy atom. The molecule has 0 aliphatic carbocycles. The Bertz CT molecular complexity index is 600. The quantitative estimate of drug-likeness (QED) is 0.851. The van der Waals surface area contributed by atoms with Crippen LogP contribution in [0.15, 0.2) is 6.20 Å². The van der Waals surface area contributed by atoms with Crippen LogP contribution in [0.1, 0.15) is 50.3 Å². The van der Waals surface area contributed by atoms with Gasteiger partial charge in [0.15, 0.2) is 0 Å². The summed E-state index contributed by atoms with van der Waals surface area (Å²) in [5.41, 5.74) is 2.68. The smallest absolute Gasteiger partial charge is 0.222 e. The second kappa shape index (κ2) is 7.87. The summed E-state index contributed by atoms with van der Waals surface area (Å²) < 4.78 is 2.01. The van der Waals surface area contributed by atoms with E-state index in [9.17, 15) is 4.79 Å². The number of amides is 1. The number of carbonyl (C=O) groups excluding carboxylic acids is 1. The van der Waals surface area contributed by atoms with Crippen molar-refractivity contribution in [2.45, 2.75) is 59.0 Å². The molecule has 25 heavy (non-hydrogen) atoms. The molecule has 6 nitrogen and oxygen atoms in total. The van der Waals surface area contributed by atoms with Crippen LogP contribution in [0.2, 0.25) is 0 Å². The summed E-state index contributed by atoms with van der Waals surface area (Å²) >= 11 is 0. The molecule has 0 radical (unpaired) electrons. The minimum absolute atomic E-state index is 0.156. The first-order valence-corrected chi connectivity index (χ1v) is 9.69. The van der Waals surface area contributed by atoms with Crippen LogP contribution in [0.4, 0.5) is 0 Å². The van der Waals surface area contributed by atoms with Crippen LogP contribution in [0.25, 0.3) is 0 Å². The van der Waals surface area contributed by atoms with Crippen molar-refractivity contribution in [2.24, 2.45) is 5.41 Å². The van der Waals surface area contributed by atoms with E-state index in [4.69, 9.17) is 5.11 Å². The van der Waals surface area contributed by atoms with Crippen LogP contribution < -0.4 is 0 Å². The third-order valence-corrected chi connectivity index (χ3v) is 5.84. The summed E-state index contributed by atoms with van der Waals surface area (Å²) in [4.78, 5) is 16.7. The van der Waals surface area contributed by atoms with Crippen molar-refractivity contribution in [1.82, 2.24) is 19.6 Å². The highest BCUT2D eigenvalue weighted by molar-refractivity contribution is 5.77. The predicted octanol–water partition coefficient (Wildman–Crippen LogP) is 1.80. The van der Waals surface area contributed by atoms with Crippen molar-refractivity contribution in [3.8, 4) is 0 Å². The van der Waals surface area contributed by atoms with Crippen LogP contribution in [-0.4, -0.2) is 63.4 Å². The first kappa shape index (κ1) is 18.4. The number of aliphatic hydroxyl groups excluding tert-OH is 1.